The van der Waals surface area contributed by atoms with Crippen LogP contribution in [-0.4, -0.2) is 26.6 Å². The molecule has 1 aliphatic rings. The van der Waals surface area contributed by atoms with Crippen molar-refractivity contribution in [2.75, 3.05) is 6.54 Å². The van der Waals surface area contributed by atoms with Gasteiger partial charge in [-0.15, -0.1) is 0 Å². The second-order valence-electron chi connectivity index (χ2n) is 5.72. The lowest BCUT2D eigenvalue weighted by Gasteiger charge is -2.27. The minimum Gasteiger partial charge on any atom is -0.294 e. The average molecular weight is 278 g/mol. The van der Waals surface area contributed by atoms with Crippen LogP contribution in [0.25, 0.3) is 10.9 Å². The molecule has 0 amide bonds. The van der Waals surface area contributed by atoms with Gasteiger partial charge in [-0.3, -0.25) is 15.0 Å². The minimum absolute atomic E-state index is 0.965. The number of H-pyrrole nitrogens is 1. The summed E-state index contributed by atoms with van der Waals surface area (Å²) >= 11 is 0. The number of aromatic nitrogens is 3. The van der Waals surface area contributed by atoms with Gasteiger partial charge in [-0.05, 0) is 24.6 Å². The third kappa shape index (κ3) is 2.21. The number of hydrogen-bond acceptors (Lipinski definition) is 3. The van der Waals surface area contributed by atoms with E-state index in [-0.39, 0.29) is 0 Å². The van der Waals surface area contributed by atoms with Crippen molar-refractivity contribution in [2.24, 2.45) is 0 Å². The van der Waals surface area contributed by atoms with Crippen molar-refractivity contribution in [1.29, 1.82) is 0 Å². The summed E-state index contributed by atoms with van der Waals surface area (Å²) in [6, 6.07) is 10.6. The molecule has 0 aliphatic carbocycles. The molecule has 0 spiro atoms. The predicted octanol–water partition coefficient (Wildman–Crippen LogP) is 2.82. The van der Waals surface area contributed by atoms with Crippen molar-refractivity contribution < 1.29 is 0 Å². The summed E-state index contributed by atoms with van der Waals surface area (Å²) in [6.45, 7) is 5.12. The number of aryl methyl sites for hydroxylation is 1. The Morgan fingerprint density at radius 1 is 1.24 bits per heavy atom. The Labute approximate surface area is 123 Å². The fourth-order valence-corrected chi connectivity index (χ4v) is 3.17. The number of rotatable bonds is 2. The Balaban J connectivity index is 1.63. The molecule has 0 bridgehead atoms. The SMILES string of the molecule is Cc1[nH]nc2c1CN(Cc1cccc3ncccc13)CC2. The molecule has 1 aliphatic heterocycles. The van der Waals surface area contributed by atoms with E-state index in [1.807, 2.05) is 12.3 Å². The second kappa shape index (κ2) is 4.97. The van der Waals surface area contributed by atoms with Gasteiger partial charge in [0.2, 0.25) is 0 Å². The highest BCUT2D eigenvalue weighted by Crippen LogP contribution is 2.23. The lowest BCUT2D eigenvalue weighted by atomic mass is 10.0. The molecule has 2 aromatic heterocycles. The second-order valence-corrected chi connectivity index (χ2v) is 5.72. The van der Waals surface area contributed by atoms with Crippen LogP contribution in [0.4, 0.5) is 0 Å². The van der Waals surface area contributed by atoms with Gasteiger partial charge in [0.25, 0.3) is 0 Å². The van der Waals surface area contributed by atoms with Crippen LogP contribution in [0, 0.1) is 6.92 Å². The maximum Gasteiger partial charge on any atom is 0.0705 e. The van der Waals surface area contributed by atoms with E-state index in [0.29, 0.717) is 0 Å². The lowest BCUT2D eigenvalue weighted by Crippen LogP contribution is -2.30. The van der Waals surface area contributed by atoms with E-state index in [2.05, 4.69) is 51.3 Å². The Kier molecular flexibility index (Phi) is 2.97. The van der Waals surface area contributed by atoms with Gasteiger partial charge in [0.1, 0.15) is 0 Å². The van der Waals surface area contributed by atoms with Gasteiger partial charge in [-0.2, -0.15) is 5.10 Å². The van der Waals surface area contributed by atoms with E-state index >= 15 is 0 Å². The molecule has 4 heteroatoms. The predicted molar refractivity (Wildman–Crippen MR) is 82.9 cm³/mol. The van der Waals surface area contributed by atoms with Gasteiger partial charge in [0.15, 0.2) is 0 Å². The van der Waals surface area contributed by atoms with Gasteiger partial charge < -0.3 is 0 Å². The van der Waals surface area contributed by atoms with Crippen molar-refractivity contribution in [3.05, 3.63) is 59.0 Å². The van der Waals surface area contributed by atoms with Crippen molar-refractivity contribution >= 4 is 10.9 Å². The van der Waals surface area contributed by atoms with Gasteiger partial charge in [-0.25, -0.2) is 0 Å². The van der Waals surface area contributed by atoms with E-state index < -0.39 is 0 Å². The van der Waals surface area contributed by atoms with E-state index in [9.17, 15) is 0 Å². The summed E-state index contributed by atoms with van der Waals surface area (Å²) in [5, 5.41) is 8.75. The monoisotopic (exact) mass is 278 g/mol. The molecule has 0 saturated heterocycles. The van der Waals surface area contributed by atoms with Crippen molar-refractivity contribution in [3.63, 3.8) is 0 Å². The summed E-state index contributed by atoms with van der Waals surface area (Å²) in [6.07, 6.45) is 2.89. The van der Waals surface area contributed by atoms with Gasteiger partial charge >= 0.3 is 0 Å². The summed E-state index contributed by atoms with van der Waals surface area (Å²) in [7, 11) is 0. The van der Waals surface area contributed by atoms with Crippen molar-refractivity contribution in [3.8, 4) is 0 Å². The van der Waals surface area contributed by atoms with Crippen LogP contribution >= 0.6 is 0 Å². The first-order valence-electron chi connectivity index (χ1n) is 7.39. The molecule has 106 valence electrons. The molecule has 1 aromatic carbocycles. The van der Waals surface area contributed by atoms with Crippen LogP contribution in [0.5, 0.6) is 0 Å². The van der Waals surface area contributed by atoms with Crippen LogP contribution in [0.3, 0.4) is 0 Å². The summed E-state index contributed by atoms with van der Waals surface area (Å²) in [5.41, 5.74) is 6.25. The first-order valence-corrected chi connectivity index (χ1v) is 7.39. The molecule has 1 N–H and O–H groups in total. The summed E-state index contributed by atoms with van der Waals surface area (Å²) in [5.74, 6) is 0. The molecule has 0 saturated carbocycles. The number of nitrogens with one attached hydrogen (secondary N) is 1. The van der Waals surface area contributed by atoms with Crippen LogP contribution in [0.15, 0.2) is 36.5 Å². The molecule has 0 unspecified atom stereocenters. The largest absolute Gasteiger partial charge is 0.294 e. The molecule has 0 fully saturated rings. The first-order chi connectivity index (χ1) is 10.3. The zero-order valence-electron chi connectivity index (χ0n) is 12.1. The van der Waals surface area contributed by atoms with E-state index in [0.717, 1.165) is 31.6 Å². The number of fused-ring (bicyclic) bond motifs is 2. The molecular weight excluding hydrogens is 260 g/mol. The molecule has 4 nitrogen and oxygen atoms in total. The molecule has 21 heavy (non-hydrogen) atoms. The number of aromatic amines is 1. The van der Waals surface area contributed by atoms with Crippen molar-refractivity contribution in [1.82, 2.24) is 20.1 Å². The lowest BCUT2D eigenvalue weighted by molar-refractivity contribution is 0.245. The zero-order chi connectivity index (χ0) is 14.2. The number of pyridine rings is 1. The van der Waals surface area contributed by atoms with Crippen molar-refractivity contribution in [2.45, 2.75) is 26.4 Å². The molecule has 4 rings (SSSR count). The number of nitrogens with zero attached hydrogens (tertiary/aromatic N) is 3. The number of benzene rings is 1. The topological polar surface area (TPSA) is 44.8 Å². The molecular formula is C17H18N4. The molecule has 0 atom stereocenters. The van der Waals surface area contributed by atoms with Crippen LogP contribution in [0.2, 0.25) is 0 Å². The summed E-state index contributed by atoms with van der Waals surface area (Å²) < 4.78 is 0. The standard InChI is InChI=1S/C17H18N4/c1-12-15-11-21(9-7-17(15)20-19-12)10-13-4-2-6-16-14(13)5-3-8-18-16/h2-6,8H,7,9-11H2,1H3,(H,19,20). The highest BCUT2D eigenvalue weighted by Gasteiger charge is 2.20. The highest BCUT2D eigenvalue weighted by atomic mass is 15.2. The minimum atomic E-state index is 0.965. The maximum absolute atomic E-state index is 4.44. The number of hydrogen-bond donors (Lipinski definition) is 1. The molecule has 0 radical (unpaired) electrons. The third-order valence-corrected chi connectivity index (χ3v) is 4.34. The zero-order valence-corrected chi connectivity index (χ0v) is 12.1. The highest BCUT2D eigenvalue weighted by molar-refractivity contribution is 5.81. The van der Waals surface area contributed by atoms with Gasteiger partial charge in [-0.1, -0.05) is 18.2 Å². The fraction of sp³-hybridized carbons (Fsp3) is 0.294. The van der Waals surface area contributed by atoms with Gasteiger partial charge in [0.05, 0.1) is 11.2 Å². The Bertz CT molecular complexity index is 785. The normalized spacial score (nSPS) is 15.3. The average Bonchev–Trinajstić information content (AvgIpc) is 2.89. The van der Waals surface area contributed by atoms with Crippen LogP contribution in [0.1, 0.15) is 22.5 Å². The summed E-state index contributed by atoms with van der Waals surface area (Å²) in [4.78, 5) is 6.94. The first kappa shape index (κ1) is 12.5. The van der Waals surface area contributed by atoms with E-state index in [1.54, 1.807) is 0 Å². The van der Waals surface area contributed by atoms with Gasteiger partial charge in [0, 0.05) is 48.9 Å². The molecule has 3 aromatic rings. The third-order valence-electron chi connectivity index (χ3n) is 4.34. The quantitative estimate of drug-likeness (QED) is 0.784. The Morgan fingerprint density at radius 2 is 2.19 bits per heavy atom. The van der Waals surface area contributed by atoms with E-state index in [1.165, 1.54) is 27.9 Å². The smallest absolute Gasteiger partial charge is 0.0705 e. The Hall–Kier alpha value is -2.20. The van der Waals surface area contributed by atoms with Crippen LogP contribution in [-0.2, 0) is 19.5 Å². The van der Waals surface area contributed by atoms with E-state index in [4.69, 9.17) is 0 Å². The molecule has 3 heterocycles. The maximum atomic E-state index is 4.44. The Morgan fingerprint density at radius 3 is 3.14 bits per heavy atom. The fourth-order valence-electron chi connectivity index (χ4n) is 3.17. The van der Waals surface area contributed by atoms with Crippen LogP contribution < -0.4 is 0 Å².